The minimum atomic E-state index is -0.857. The molecule has 1 aromatic carbocycles. The summed E-state index contributed by atoms with van der Waals surface area (Å²) < 4.78 is 13.0. The fourth-order valence-electron chi connectivity index (χ4n) is 2.25. The van der Waals surface area contributed by atoms with Gasteiger partial charge in [-0.2, -0.15) is 0 Å². The molecule has 1 aromatic rings. The van der Waals surface area contributed by atoms with Crippen LogP contribution in [0.25, 0.3) is 0 Å². The van der Waals surface area contributed by atoms with E-state index in [1.165, 1.54) is 12.1 Å². The molecular weight excluding hydrogens is 325 g/mol. The third kappa shape index (κ3) is 4.92. The van der Waals surface area contributed by atoms with Crippen molar-refractivity contribution in [2.45, 2.75) is 19.3 Å². The zero-order chi connectivity index (χ0) is 16.8. The van der Waals surface area contributed by atoms with Crippen LogP contribution in [0.5, 0.6) is 0 Å². The van der Waals surface area contributed by atoms with Gasteiger partial charge in [0.1, 0.15) is 5.82 Å². The Balaban J connectivity index is 1.71. The second-order valence-corrected chi connectivity index (χ2v) is 5.58. The zero-order valence-electron chi connectivity index (χ0n) is 12.4. The minimum absolute atomic E-state index is 0.127. The quantitative estimate of drug-likeness (QED) is 0.630. The molecule has 124 valence electrons. The molecule has 1 fully saturated rings. The standard InChI is InChI=1S/C15H17ClFN3O3/c16-11-9-10(4-5-12(11)17)19-15(23)14(22)18-6-2-8-20-7-1-3-13(20)21/h4-5,9H,1-3,6-8H2,(H,18,22)(H,19,23). The lowest BCUT2D eigenvalue weighted by Gasteiger charge is -2.15. The van der Waals surface area contributed by atoms with Gasteiger partial charge in [0.05, 0.1) is 5.02 Å². The monoisotopic (exact) mass is 341 g/mol. The summed E-state index contributed by atoms with van der Waals surface area (Å²) in [4.78, 5) is 36.5. The largest absolute Gasteiger partial charge is 0.348 e. The van der Waals surface area contributed by atoms with Gasteiger partial charge in [0.15, 0.2) is 0 Å². The van der Waals surface area contributed by atoms with E-state index in [1.807, 2.05) is 0 Å². The first kappa shape index (κ1) is 17.2. The van der Waals surface area contributed by atoms with E-state index in [2.05, 4.69) is 10.6 Å². The summed E-state index contributed by atoms with van der Waals surface area (Å²) in [6, 6.07) is 3.63. The van der Waals surface area contributed by atoms with Crippen molar-refractivity contribution in [1.82, 2.24) is 10.2 Å². The molecule has 1 aliphatic rings. The van der Waals surface area contributed by atoms with Crippen LogP contribution in [0.1, 0.15) is 19.3 Å². The van der Waals surface area contributed by atoms with Crippen LogP contribution in [-0.2, 0) is 14.4 Å². The molecule has 0 aliphatic carbocycles. The van der Waals surface area contributed by atoms with Crippen LogP contribution in [0.2, 0.25) is 5.02 Å². The minimum Gasteiger partial charge on any atom is -0.348 e. The van der Waals surface area contributed by atoms with Gasteiger partial charge in [0.2, 0.25) is 5.91 Å². The van der Waals surface area contributed by atoms with Gasteiger partial charge in [-0.1, -0.05) is 11.6 Å². The third-order valence-corrected chi connectivity index (χ3v) is 3.74. The van der Waals surface area contributed by atoms with E-state index in [9.17, 15) is 18.8 Å². The Morgan fingerprint density at radius 1 is 1.30 bits per heavy atom. The van der Waals surface area contributed by atoms with Gasteiger partial charge in [0, 0.05) is 31.7 Å². The normalized spacial score (nSPS) is 14.0. The van der Waals surface area contributed by atoms with Crippen LogP contribution >= 0.6 is 11.6 Å². The average molecular weight is 342 g/mol. The summed E-state index contributed by atoms with van der Waals surface area (Å²) in [6.07, 6.45) is 2.02. The molecule has 0 bridgehead atoms. The van der Waals surface area contributed by atoms with Crippen molar-refractivity contribution >= 4 is 35.0 Å². The van der Waals surface area contributed by atoms with Crippen molar-refractivity contribution < 1.29 is 18.8 Å². The predicted molar refractivity (Wildman–Crippen MR) is 83.5 cm³/mol. The molecule has 6 nitrogen and oxygen atoms in total. The number of benzene rings is 1. The highest BCUT2D eigenvalue weighted by molar-refractivity contribution is 6.39. The van der Waals surface area contributed by atoms with Crippen molar-refractivity contribution in [1.29, 1.82) is 0 Å². The van der Waals surface area contributed by atoms with Crippen molar-refractivity contribution in [2.24, 2.45) is 0 Å². The van der Waals surface area contributed by atoms with Crippen LogP contribution in [-0.4, -0.2) is 42.3 Å². The van der Waals surface area contributed by atoms with Gasteiger partial charge in [0.25, 0.3) is 0 Å². The highest BCUT2D eigenvalue weighted by Crippen LogP contribution is 2.19. The zero-order valence-corrected chi connectivity index (χ0v) is 13.2. The number of nitrogens with one attached hydrogen (secondary N) is 2. The molecule has 0 saturated carbocycles. The molecule has 0 spiro atoms. The van der Waals surface area contributed by atoms with E-state index < -0.39 is 17.6 Å². The second kappa shape index (κ2) is 7.92. The number of amides is 3. The van der Waals surface area contributed by atoms with E-state index in [-0.39, 0.29) is 16.6 Å². The van der Waals surface area contributed by atoms with E-state index in [0.717, 1.165) is 19.0 Å². The van der Waals surface area contributed by atoms with Gasteiger partial charge in [-0.05, 0) is 31.0 Å². The van der Waals surface area contributed by atoms with Gasteiger partial charge >= 0.3 is 11.8 Å². The number of halogens is 2. The third-order valence-electron chi connectivity index (χ3n) is 3.45. The van der Waals surface area contributed by atoms with Crippen molar-refractivity contribution in [3.05, 3.63) is 29.0 Å². The molecule has 0 unspecified atom stereocenters. The molecule has 0 atom stereocenters. The average Bonchev–Trinajstić information content (AvgIpc) is 2.92. The molecule has 2 rings (SSSR count). The molecule has 3 amide bonds. The summed E-state index contributed by atoms with van der Waals surface area (Å²) in [7, 11) is 0. The van der Waals surface area contributed by atoms with Gasteiger partial charge < -0.3 is 15.5 Å². The molecular formula is C15H17ClFN3O3. The summed E-state index contributed by atoms with van der Waals surface area (Å²) in [5, 5.41) is 4.66. The Morgan fingerprint density at radius 2 is 2.09 bits per heavy atom. The fraction of sp³-hybridized carbons (Fsp3) is 0.400. The smallest absolute Gasteiger partial charge is 0.313 e. The summed E-state index contributed by atoms with van der Waals surface area (Å²) in [5.41, 5.74) is 0.235. The number of hydrogen-bond donors (Lipinski definition) is 2. The molecule has 23 heavy (non-hydrogen) atoms. The number of hydrogen-bond acceptors (Lipinski definition) is 3. The Kier molecular flexibility index (Phi) is 5.92. The molecule has 1 aliphatic heterocycles. The summed E-state index contributed by atoms with van der Waals surface area (Å²) in [5.74, 6) is -2.13. The number of likely N-dealkylation sites (tertiary alicyclic amines) is 1. The second-order valence-electron chi connectivity index (χ2n) is 5.18. The van der Waals surface area contributed by atoms with Crippen molar-refractivity contribution in [3.63, 3.8) is 0 Å². The predicted octanol–water partition coefficient (Wildman–Crippen LogP) is 1.55. The molecule has 1 heterocycles. The number of carbonyl (C=O) groups is 3. The van der Waals surface area contributed by atoms with Crippen LogP contribution in [0, 0.1) is 5.82 Å². The Hall–Kier alpha value is -2.15. The van der Waals surface area contributed by atoms with Crippen molar-refractivity contribution in [3.8, 4) is 0 Å². The first-order chi connectivity index (χ1) is 11.0. The molecule has 2 N–H and O–H groups in total. The molecule has 0 aromatic heterocycles. The first-order valence-corrected chi connectivity index (χ1v) is 7.67. The fourth-order valence-corrected chi connectivity index (χ4v) is 2.43. The number of nitrogens with zero attached hydrogens (tertiary/aromatic N) is 1. The number of rotatable bonds is 5. The Bertz CT molecular complexity index is 624. The first-order valence-electron chi connectivity index (χ1n) is 7.29. The van der Waals surface area contributed by atoms with Gasteiger partial charge in [-0.25, -0.2) is 4.39 Å². The van der Waals surface area contributed by atoms with Gasteiger partial charge in [-0.3, -0.25) is 14.4 Å². The van der Waals surface area contributed by atoms with E-state index in [4.69, 9.17) is 11.6 Å². The summed E-state index contributed by atoms with van der Waals surface area (Å²) in [6.45, 7) is 1.60. The van der Waals surface area contributed by atoms with Crippen LogP contribution in [0.15, 0.2) is 18.2 Å². The number of anilines is 1. The topological polar surface area (TPSA) is 78.5 Å². The SMILES string of the molecule is O=C(NCCCN1CCCC1=O)C(=O)Nc1ccc(F)c(Cl)c1. The van der Waals surface area contributed by atoms with E-state index in [1.54, 1.807) is 4.90 Å². The number of carbonyl (C=O) groups excluding carboxylic acids is 3. The summed E-state index contributed by atoms with van der Waals surface area (Å²) >= 11 is 5.59. The van der Waals surface area contributed by atoms with Gasteiger partial charge in [-0.15, -0.1) is 0 Å². The highest BCUT2D eigenvalue weighted by atomic mass is 35.5. The highest BCUT2D eigenvalue weighted by Gasteiger charge is 2.19. The maximum absolute atomic E-state index is 13.0. The van der Waals surface area contributed by atoms with E-state index >= 15 is 0 Å². The maximum atomic E-state index is 13.0. The lowest BCUT2D eigenvalue weighted by atomic mass is 10.3. The van der Waals surface area contributed by atoms with Crippen LogP contribution in [0.4, 0.5) is 10.1 Å². The Morgan fingerprint density at radius 3 is 2.74 bits per heavy atom. The van der Waals surface area contributed by atoms with E-state index in [0.29, 0.717) is 25.9 Å². The van der Waals surface area contributed by atoms with Crippen LogP contribution < -0.4 is 10.6 Å². The Labute approximate surface area is 138 Å². The van der Waals surface area contributed by atoms with Crippen molar-refractivity contribution in [2.75, 3.05) is 25.0 Å². The molecule has 8 heteroatoms. The molecule has 0 radical (unpaired) electrons. The van der Waals surface area contributed by atoms with Crippen LogP contribution in [0.3, 0.4) is 0 Å². The molecule has 1 saturated heterocycles. The lowest BCUT2D eigenvalue weighted by molar-refractivity contribution is -0.136. The lowest BCUT2D eigenvalue weighted by Crippen LogP contribution is -2.37. The maximum Gasteiger partial charge on any atom is 0.313 e.